The predicted octanol–water partition coefficient (Wildman–Crippen LogP) is 2.98. The largest absolute Gasteiger partial charge is 0.465 e. The molecule has 0 fully saturated rings. The van der Waals surface area contributed by atoms with E-state index in [2.05, 4.69) is 15.0 Å². The zero-order valence-corrected chi connectivity index (χ0v) is 14.4. The third-order valence-corrected chi connectivity index (χ3v) is 4.28. The number of benzene rings is 1. The molecular formula is C14H14N4O6S. The fourth-order valence-electron chi connectivity index (χ4n) is 2.23. The lowest BCUT2D eigenvalue weighted by Gasteiger charge is -2.11. The molecule has 0 aliphatic rings. The monoisotopic (exact) mass is 366 g/mol. The predicted molar refractivity (Wildman–Crippen MR) is 90.0 cm³/mol. The summed E-state index contributed by atoms with van der Waals surface area (Å²) in [5.41, 5.74) is -0.913. The Hall–Kier alpha value is -3.08. The lowest BCUT2D eigenvalue weighted by Crippen LogP contribution is -2.12. The van der Waals surface area contributed by atoms with Crippen LogP contribution >= 0.6 is 11.3 Å². The molecule has 0 aliphatic heterocycles. The second kappa shape index (κ2) is 7.21. The van der Waals surface area contributed by atoms with Crippen LogP contribution in [0.5, 0.6) is 0 Å². The Bertz CT molecular complexity index is 863. The number of nitro benzene ring substituents is 2. The van der Waals surface area contributed by atoms with Gasteiger partial charge in [-0.25, -0.2) is 9.78 Å². The van der Waals surface area contributed by atoms with Crippen molar-refractivity contribution >= 4 is 34.4 Å². The van der Waals surface area contributed by atoms with Crippen LogP contribution in [0.1, 0.15) is 25.9 Å². The normalized spacial score (nSPS) is 10.4. The van der Waals surface area contributed by atoms with Crippen LogP contribution in [-0.4, -0.2) is 27.9 Å². The SMILES string of the molecule is COC(=O)c1cc([N+](=O)[O-])cc([N+](=O)[O-])c1NCc1nc(C)sc1C. The summed E-state index contributed by atoms with van der Waals surface area (Å²) in [6, 6.07) is 1.74. The molecule has 0 aliphatic carbocycles. The summed E-state index contributed by atoms with van der Waals surface area (Å²) in [6.45, 7) is 3.81. The molecular weight excluding hydrogens is 352 g/mol. The van der Waals surface area contributed by atoms with Crippen molar-refractivity contribution in [3.05, 3.63) is 53.5 Å². The number of non-ortho nitro benzene ring substituents is 1. The number of esters is 1. The first-order valence-electron chi connectivity index (χ1n) is 6.96. The molecule has 11 heteroatoms. The number of aromatic nitrogens is 1. The smallest absolute Gasteiger partial charge is 0.340 e. The maximum atomic E-state index is 11.9. The van der Waals surface area contributed by atoms with Crippen LogP contribution < -0.4 is 5.32 Å². The van der Waals surface area contributed by atoms with Crippen LogP contribution in [0.15, 0.2) is 12.1 Å². The second-order valence-corrected chi connectivity index (χ2v) is 6.39. The molecule has 0 saturated carbocycles. The van der Waals surface area contributed by atoms with Crippen molar-refractivity contribution in [2.75, 3.05) is 12.4 Å². The van der Waals surface area contributed by atoms with Gasteiger partial charge >= 0.3 is 5.97 Å². The van der Waals surface area contributed by atoms with Gasteiger partial charge < -0.3 is 10.1 Å². The summed E-state index contributed by atoms with van der Waals surface area (Å²) in [5.74, 6) is -0.916. The van der Waals surface area contributed by atoms with Crippen molar-refractivity contribution in [3.63, 3.8) is 0 Å². The summed E-state index contributed by atoms with van der Waals surface area (Å²) in [7, 11) is 1.09. The Morgan fingerprint density at radius 1 is 1.28 bits per heavy atom. The van der Waals surface area contributed by atoms with Crippen LogP contribution in [-0.2, 0) is 11.3 Å². The average Bonchev–Trinajstić information content (AvgIpc) is 2.88. The lowest BCUT2D eigenvalue weighted by molar-refractivity contribution is -0.393. The highest BCUT2D eigenvalue weighted by Crippen LogP contribution is 2.34. The number of thiazole rings is 1. The molecule has 1 heterocycles. The summed E-state index contributed by atoms with van der Waals surface area (Å²) in [5, 5.41) is 25.9. The maximum absolute atomic E-state index is 11.9. The second-order valence-electron chi connectivity index (χ2n) is 4.98. The van der Waals surface area contributed by atoms with Gasteiger partial charge in [0.1, 0.15) is 5.69 Å². The van der Waals surface area contributed by atoms with Crippen molar-refractivity contribution < 1.29 is 19.4 Å². The number of rotatable bonds is 6. The Morgan fingerprint density at radius 3 is 2.44 bits per heavy atom. The Morgan fingerprint density at radius 2 is 1.96 bits per heavy atom. The van der Waals surface area contributed by atoms with Crippen molar-refractivity contribution in [2.24, 2.45) is 0 Å². The van der Waals surface area contributed by atoms with Crippen molar-refractivity contribution in [1.29, 1.82) is 0 Å². The van der Waals surface area contributed by atoms with E-state index in [9.17, 15) is 25.0 Å². The topological polar surface area (TPSA) is 138 Å². The van der Waals surface area contributed by atoms with Gasteiger partial charge in [0.15, 0.2) is 0 Å². The molecule has 0 atom stereocenters. The molecule has 0 unspecified atom stereocenters. The van der Waals surface area contributed by atoms with Gasteiger partial charge in [0.2, 0.25) is 0 Å². The fraction of sp³-hybridized carbons (Fsp3) is 0.286. The van der Waals surface area contributed by atoms with Crippen LogP contribution in [0.25, 0.3) is 0 Å². The lowest BCUT2D eigenvalue weighted by atomic mass is 10.1. The van der Waals surface area contributed by atoms with E-state index in [0.29, 0.717) is 5.69 Å². The van der Waals surface area contributed by atoms with Gasteiger partial charge in [0.25, 0.3) is 11.4 Å². The van der Waals surface area contributed by atoms with E-state index in [4.69, 9.17) is 0 Å². The average molecular weight is 366 g/mol. The Kier molecular flexibility index (Phi) is 5.27. The Labute approximate surface area is 145 Å². The van der Waals surface area contributed by atoms with Crippen molar-refractivity contribution in [3.8, 4) is 0 Å². The van der Waals surface area contributed by atoms with Crippen LogP contribution in [0.4, 0.5) is 17.1 Å². The molecule has 0 bridgehead atoms. The van der Waals surface area contributed by atoms with Gasteiger partial charge in [0.05, 0.1) is 45.8 Å². The number of hydrogen-bond acceptors (Lipinski definition) is 9. The number of carbonyl (C=O) groups excluding carboxylic acids is 1. The minimum atomic E-state index is -0.916. The minimum absolute atomic E-state index is 0.124. The fourth-order valence-corrected chi connectivity index (χ4v) is 3.06. The van der Waals surface area contributed by atoms with Crippen LogP contribution in [0, 0.1) is 34.1 Å². The first-order chi connectivity index (χ1) is 11.7. The molecule has 2 rings (SSSR count). The van der Waals surface area contributed by atoms with Gasteiger partial charge in [-0.1, -0.05) is 0 Å². The van der Waals surface area contributed by atoms with Crippen molar-refractivity contribution in [1.82, 2.24) is 4.98 Å². The highest BCUT2D eigenvalue weighted by atomic mass is 32.1. The zero-order chi connectivity index (χ0) is 18.7. The molecule has 2 aromatic rings. The molecule has 10 nitrogen and oxygen atoms in total. The molecule has 1 aromatic heterocycles. The van der Waals surface area contributed by atoms with Gasteiger partial charge in [-0.05, 0) is 13.8 Å². The van der Waals surface area contributed by atoms with E-state index < -0.39 is 27.2 Å². The first-order valence-corrected chi connectivity index (χ1v) is 7.78. The number of ether oxygens (including phenoxy) is 1. The highest BCUT2D eigenvalue weighted by Gasteiger charge is 2.28. The highest BCUT2D eigenvalue weighted by molar-refractivity contribution is 7.11. The summed E-state index contributed by atoms with van der Waals surface area (Å²) in [6.07, 6.45) is 0. The van der Waals surface area contributed by atoms with Gasteiger partial charge in [-0.15, -0.1) is 11.3 Å². The maximum Gasteiger partial charge on any atom is 0.340 e. The van der Waals surface area contributed by atoms with Crippen LogP contribution in [0.3, 0.4) is 0 Å². The molecule has 0 amide bonds. The Balaban J connectivity index is 2.52. The standard InChI is InChI=1S/C14H14N4O6S/c1-7-11(16-8(2)25-7)6-15-13-10(14(19)24-3)4-9(17(20)21)5-12(13)18(22)23/h4-5,15H,6H2,1-3H3. The van der Waals surface area contributed by atoms with E-state index in [1.807, 2.05) is 13.8 Å². The third-order valence-electron chi connectivity index (χ3n) is 3.35. The van der Waals surface area contributed by atoms with E-state index in [1.165, 1.54) is 11.3 Å². The number of aryl methyl sites for hydroxylation is 2. The van der Waals surface area contributed by atoms with Gasteiger partial charge in [-0.3, -0.25) is 20.2 Å². The molecule has 132 valence electrons. The zero-order valence-electron chi connectivity index (χ0n) is 13.6. The van der Waals surface area contributed by atoms with E-state index >= 15 is 0 Å². The first kappa shape index (κ1) is 18.3. The van der Waals surface area contributed by atoms with Crippen LogP contribution in [0.2, 0.25) is 0 Å². The van der Waals surface area contributed by atoms with E-state index in [0.717, 1.165) is 29.1 Å². The summed E-state index contributed by atoms with van der Waals surface area (Å²) in [4.78, 5) is 37.9. The summed E-state index contributed by atoms with van der Waals surface area (Å²) >= 11 is 1.47. The molecule has 1 N–H and O–H groups in total. The summed E-state index contributed by atoms with van der Waals surface area (Å²) < 4.78 is 4.59. The number of hydrogen-bond donors (Lipinski definition) is 1. The van der Waals surface area contributed by atoms with E-state index in [1.54, 1.807) is 0 Å². The molecule has 0 saturated heterocycles. The van der Waals surface area contributed by atoms with Gasteiger partial charge in [0, 0.05) is 10.9 Å². The number of nitrogens with one attached hydrogen (secondary N) is 1. The quantitative estimate of drug-likeness (QED) is 0.468. The number of anilines is 1. The number of nitro groups is 2. The van der Waals surface area contributed by atoms with Gasteiger partial charge in [-0.2, -0.15) is 0 Å². The minimum Gasteiger partial charge on any atom is -0.465 e. The molecule has 0 radical (unpaired) electrons. The van der Waals surface area contributed by atoms with Crippen molar-refractivity contribution in [2.45, 2.75) is 20.4 Å². The third kappa shape index (κ3) is 3.88. The number of carbonyl (C=O) groups is 1. The van der Waals surface area contributed by atoms with E-state index in [-0.39, 0.29) is 17.8 Å². The molecule has 1 aromatic carbocycles. The molecule has 0 spiro atoms. The number of nitrogens with zero attached hydrogens (tertiary/aromatic N) is 3. The molecule has 25 heavy (non-hydrogen) atoms. The number of methoxy groups -OCH3 is 1.